The molecule has 0 radical (unpaired) electrons. The summed E-state index contributed by atoms with van der Waals surface area (Å²) in [6.45, 7) is 0. The van der Waals surface area contributed by atoms with Gasteiger partial charge in [0.15, 0.2) is 0 Å². The van der Waals surface area contributed by atoms with E-state index in [0.717, 1.165) is 21.2 Å². The fraction of sp³-hybridized carbons (Fsp3) is 0.174. The van der Waals surface area contributed by atoms with E-state index in [4.69, 9.17) is 10.7 Å². The molecule has 1 aliphatic heterocycles. The zero-order chi connectivity index (χ0) is 18.6. The van der Waals surface area contributed by atoms with Crippen molar-refractivity contribution in [3.63, 3.8) is 0 Å². The van der Waals surface area contributed by atoms with Crippen LogP contribution in [0.3, 0.4) is 0 Å². The highest BCUT2D eigenvalue weighted by Crippen LogP contribution is 2.48. The number of fused-ring (bicyclic) bond motifs is 1. The molecule has 0 amide bonds. The topological polar surface area (TPSA) is 38.4 Å². The van der Waals surface area contributed by atoms with Crippen LogP contribution in [0.1, 0.15) is 46.6 Å². The predicted molar refractivity (Wildman–Crippen MR) is 110 cm³/mol. The average molecular weight is 421 g/mol. The molecule has 4 heteroatoms. The van der Waals surface area contributed by atoms with E-state index >= 15 is 0 Å². The van der Waals surface area contributed by atoms with E-state index in [-0.39, 0.29) is 11.7 Å². The Bertz CT molecular complexity index is 1090. The third kappa shape index (κ3) is 2.54. The lowest BCUT2D eigenvalue weighted by Gasteiger charge is -2.30. The quantitative estimate of drug-likeness (QED) is 0.598. The minimum Gasteiger partial charge on any atom is -0.383 e. The number of aliphatic imine (C=N–C) groups is 1. The van der Waals surface area contributed by atoms with Crippen LogP contribution in [0.5, 0.6) is 0 Å². The second-order valence-corrected chi connectivity index (χ2v) is 8.20. The number of nitrogens with zero attached hydrogens (tertiary/aromatic N) is 1. The van der Waals surface area contributed by atoms with Gasteiger partial charge in [0.05, 0.1) is 5.56 Å². The summed E-state index contributed by atoms with van der Waals surface area (Å²) in [7, 11) is 0. The van der Waals surface area contributed by atoms with Gasteiger partial charge in [-0.15, -0.1) is 0 Å². The van der Waals surface area contributed by atoms with Crippen molar-refractivity contribution in [1.82, 2.24) is 0 Å². The van der Waals surface area contributed by atoms with Crippen LogP contribution < -0.4 is 5.73 Å². The summed E-state index contributed by atoms with van der Waals surface area (Å²) in [6, 6.07) is 21.7. The normalized spacial score (nSPS) is 21.0. The van der Waals surface area contributed by atoms with Gasteiger partial charge in [-0.1, -0.05) is 64.5 Å². The molecule has 1 saturated carbocycles. The average Bonchev–Trinajstić information content (AvgIpc) is 3.47. The molecule has 1 unspecified atom stereocenters. The molecule has 2 nitrogen and oxygen atoms in total. The van der Waals surface area contributed by atoms with Crippen LogP contribution in [0.25, 0.3) is 0 Å². The first-order valence-corrected chi connectivity index (χ1v) is 9.90. The van der Waals surface area contributed by atoms with Crippen LogP contribution in [0.2, 0.25) is 0 Å². The van der Waals surface area contributed by atoms with Gasteiger partial charge in [-0.2, -0.15) is 0 Å². The van der Waals surface area contributed by atoms with Gasteiger partial charge in [-0.25, -0.2) is 9.38 Å². The van der Waals surface area contributed by atoms with E-state index in [1.165, 1.54) is 24.5 Å². The molecule has 134 valence electrons. The fourth-order valence-electron chi connectivity index (χ4n) is 4.14. The van der Waals surface area contributed by atoms with Gasteiger partial charge in [0.1, 0.15) is 17.2 Å². The standard InChI is InChI=1S/C23H18BrFN2/c24-18-7-2-6-17(13-18)23(16-5-1-4-15(12-16)14-10-11-14)19-8-3-9-20(25)21(19)22(26)27-23/h1-9,12-14H,10-11H2,(H2,26,27). The van der Waals surface area contributed by atoms with E-state index in [1.54, 1.807) is 6.07 Å². The largest absolute Gasteiger partial charge is 0.383 e. The summed E-state index contributed by atoms with van der Waals surface area (Å²) in [4.78, 5) is 4.88. The number of hydrogen-bond acceptors (Lipinski definition) is 2. The van der Waals surface area contributed by atoms with Crippen LogP contribution in [-0.2, 0) is 5.54 Å². The van der Waals surface area contributed by atoms with E-state index in [9.17, 15) is 4.39 Å². The van der Waals surface area contributed by atoms with E-state index in [1.807, 2.05) is 30.3 Å². The summed E-state index contributed by atoms with van der Waals surface area (Å²) < 4.78 is 15.6. The fourth-order valence-corrected chi connectivity index (χ4v) is 4.54. The van der Waals surface area contributed by atoms with Gasteiger partial charge in [-0.3, -0.25) is 0 Å². The van der Waals surface area contributed by atoms with Crippen molar-refractivity contribution in [2.75, 3.05) is 0 Å². The summed E-state index contributed by atoms with van der Waals surface area (Å²) in [6.07, 6.45) is 2.45. The minimum atomic E-state index is -0.837. The van der Waals surface area contributed by atoms with Gasteiger partial charge < -0.3 is 5.73 Å². The number of hydrogen-bond donors (Lipinski definition) is 1. The maximum Gasteiger partial charge on any atom is 0.139 e. The SMILES string of the molecule is NC1=NC(c2cccc(Br)c2)(c2cccc(C3CC3)c2)c2cccc(F)c21. The number of benzene rings is 3. The van der Waals surface area contributed by atoms with Gasteiger partial charge in [0.2, 0.25) is 0 Å². The first-order chi connectivity index (χ1) is 13.1. The lowest BCUT2D eigenvalue weighted by molar-refractivity contribution is 0.615. The number of halogens is 2. The minimum absolute atomic E-state index is 0.250. The second kappa shape index (κ2) is 6.03. The van der Waals surface area contributed by atoms with Gasteiger partial charge in [-0.05, 0) is 53.6 Å². The molecule has 0 spiro atoms. The molecule has 1 atom stereocenters. The summed E-state index contributed by atoms with van der Waals surface area (Å²) in [5.74, 6) is 0.545. The molecule has 1 heterocycles. The van der Waals surface area contributed by atoms with Crippen molar-refractivity contribution in [2.45, 2.75) is 24.3 Å². The summed E-state index contributed by atoms with van der Waals surface area (Å²) >= 11 is 3.57. The van der Waals surface area contributed by atoms with E-state index in [2.05, 4.69) is 40.2 Å². The van der Waals surface area contributed by atoms with Gasteiger partial charge in [0, 0.05) is 10.0 Å². The highest BCUT2D eigenvalue weighted by Gasteiger charge is 2.44. The number of nitrogens with two attached hydrogens (primary N) is 1. The molecular formula is C23H18BrFN2. The van der Waals surface area contributed by atoms with Crippen molar-refractivity contribution < 1.29 is 4.39 Å². The summed E-state index contributed by atoms with van der Waals surface area (Å²) in [5, 5.41) is 0. The molecule has 0 saturated heterocycles. The van der Waals surface area contributed by atoms with Crippen LogP contribution in [0.4, 0.5) is 4.39 Å². The molecule has 1 aliphatic carbocycles. The third-order valence-corrected chi connectivity index (χ3v) is 6.04. The van der Waals surface area contributed by atoms with Crippen molar-refractivity contribution in [3.05, 3.63) is 105 Å². The van der Waals surface area contributed by atoms with Crippen molar-refractivity contribution in [1.29, 1.82) is 0 Å². The van der Waals surface area contributed by atoms with Crippen molar-refractivity contribution in [3.8, 4) is 0 Å². The molecule has 3 aromatic carbocycles. The maximum atomic E-state index is 14.6. The maximum absolute atomic E-state index is 14.6. The van der Waals surface area contributed by atoms with Crippen molar-refractivity contribution >= 4 is 21.8 Å². The molecule has 0 aromatic heterocycles. The molecular weight excluding hydrogens is 403 g/mol. The van der Waals surface area contributed by atoms with Crippen LogP contribution in [0, 0.1) is 5.82 Å². The smallest absolute Gasteiger partial charge is 0.139 e. The van der Waals surface area contributed by atoms with Gasteiger partial charge in [0.25, 0.3) is 0 Å². The highest BCUT2D eigenvalue weighted by molar-refractivity contribution is 9.10. The number of amidine groups is 1. The second-order valence-electron chi connectivity index (χ2n) is 7.28. The Balaban J connectivity index is 1.84. The molecule has 3 aromatic rings. The molecule has 0 bridgehead atoms. The predicted octanol–water partition coefficient (Wildman–Crippen LogP) is 5.48. The Kier molecular flexibility index (Phi) is 3.73. The Morgan fingerprint density at radius 1 is 0.963 bits per heavy atom. The zero-order valence-electron chi connectivity index (χ0n) is 14.6. The van der Waals surface area contributed by atoms with Gasteiger partial charge >= 0.3 is 0 Å². The Morgan fingerprint density at radius 3 is 2.41 bits per heavy atom. The molecule has 5 rings (SSSR count). The first kappa shape index (κ1) is 16.7. The molecule has 1 fully saturated rings. The Labute approximate surface area is 166 Å². The van der Waals surface area contributed by atoms with E-state index < -0.39 is 5.54 Å². The molecule has 27 heavy (non-hydrogen) atoms. The monoisotopic (exact) mass is 420 g/mol. The number of rotatable bonds is 3. The van der Waals surface area contributed by atoms with Crippen molar-refractivity contribution in [2.24, 2.45) is 10.7 Å². The third-order valence-electron chi connectivity index (χ3n) is 5.54. The highest BCUT2D eigenvalue weighted by atomic mass is 79.9. The Hall–Kier alpha value is -2.46. The van der Waals surface area contributed by atoms with Crippen LogP contribution >= 0.6 is 15.9 Å². The van der Waals surface area contributed by atoms with E-state index in [0.29, 0.717) is 11.5 Å². The zero-order valence-corrected chi connectivity index (χ0v) is 16.2. The molecule has 2 N–H and O–H groups in total. The van der Waals surface area contributed by atoms with Crippen LogP contribution in [-0.4, -0.2) is 5.84 Å². The summed E-state index contributed by atoms with van der Waals surface area (Å²) in [5.41, 5.74) is 9.93. The first-order valence-electron chi connectivity index (χ1n) is 9.11. The Morgan fingerprint density at radius 2 is 1.67 bits per heavy atom. The lowest BCUT2D eigenvalue weighted by atomic mass is 9.77. The molecule has 2 aliphatic rings. The van der Waals surface area contributed by atoms with Crippen LogP contribution in [0.15, 0.2) is 76.2 Å². The lowest BCUT2D eigenvalue weighted by Crippen LogP contribution is -2.25.